The van der Waals surface area contributed by atoms with Gasteiger partial charge in [-0.05, 0) is 6.42 Å². The quantitative estimate of drug-likeness (QED) is 0.624. The third-order valence-electron chi connectivity index (χ3n) is 1.50. The highest BCUT2D eigenvalue weighted by atomic mass is 16.5. The Bertz CT molecular complexity index is 187. The molecule has 0 radical (unpaired) electrons. The Kier molecular flexibility index (Phi) is 4.41. The van der Waals surface area contributed by atoms with E-state index in [4.69, 9.17) is 9.84 Å². The first-order valence-corrected chi connectivity index (χ1v) is 4.08. The minimum absolute atomic E-state index is 0.199. The number of aliphatic hydroxyl groups excluding tert-OH is 1. The predicted molar refractivity (Wildman–Crippen MR) is 44.7 cm³/mol. The molecule has 0 spiro atoms. The molecule has 0 bridgehead atoms. The number of ether oxygens (including phenoxy) is 1. The van der Waals surface area contributed by atoms with Gasteiger partial charge in [0.25, 0.3) is 0 Å². The zero-order valence-electron chi connectivity index (χ0n) is 7.02. The molecule has 4 nitrogen and oxygen atoms in total. The third kappa shape index (κ3) is 3.50. The fraction of sp³-hybridized carbons (Fsp3) is 0.625. The molecule has 0 atom stereocenters. The summed E-state index contributed by atoms with van der Waals surface area (Å²) in [5.74, 6) is 0. The second-order valence-electron chi connectivity index (χ2n) is 2.49. The molecule has 1 aromatic heterocycles. The number of hydrogen-bond acceptors (Lipinski definition) is 3. The van der Waals surface area contributed by atoms with Crippen LogP contribution in [0.3, 0.4) is 0 Å². The van der Waals surface area contributed by atoms with Gasteiger partial charge in [0.05, 0.1) is 12.9 Å². The van der Waals surface area contributed by atoms with Gasteiger partial charge in [0.15, 0.2) is 0 Å². The van der Waals surface area contributed by atoms with Gasteiger partial charge in [-0.2, -0.15) is 0 Å². The average Bonchev–Trinajstić information content (AvgIpc) is 2.57. The van der Waals surface area contributed by atoms with Gasteiger partial charge >= 0.3 is 0 Å². The van der Waals surface area contributed by atoms with Gasteiger partial charge in [0.1, 0.15) is 0 Å². The van der Waals surface area contributed by atoms with Crippen LogP contribution in [0.2, 0.25) is 0 Å². The van der Waals surface area contributed by atoms with Crippen molar-refractivity contribution < 1.29 is 9.84 Å². The topological polar surface area (TPSA) is 47.3 Å². The lowest BCUT2D eigenvalue weighted by molar-refractivity contribution is 0.109. The summed E-state index contributed by atoms with van der Waals surface area (Å²) in [6.07, 6.45) is 6.11. The molecule has 1 N–H and O–H groups in total. The molecule has 68 valence electrons. The highest BCUT2D eigenvalue weighted by Gasteiger charge is 1.89. The van der Waals surface area contributed by atoms with Crippen LogP contribution in [0.1, 0.15) is 6.42 Å². The van der Waals surface area contributed by atoms with E-state index in [1.54, 1.807) is 12.5 Å². The van der Waals surface area contributed by atoms with E-state index in [1.807, 2.05) is 10.8 Å². The van der Waals surface area contributed by atoms with E-state index in [1.165, 1.54) is 0 Å². The number of aromatic nitrogens is 2. The second kappa shape index (κ2) is 5.74. The smallest absolute Gasteiger partial charge is 0.0946 e. The van der Waals surface area contributed by atoms with Gasteiger partial charge in [-0.3, -0.25) is 0 Å². The Balaban J connectivity index is 1.96. The van der Waals surface area contributed by atoms with Gasteiger partial charge in [-0.15, -0.1) is 0 Å². The van der Waals surface area contributed by atoms with Crippen molar-refractivity contribution in [3.8, 4) is 0 Å². The summed E-state index contributed by atoms with van der Waals surface area (Å²) in [6, 6.07) is 0. The molecule has 1 heterocycles. The van der Waals surface area contributed by atoms with Crippen molar-refractivity contribution in [1.29, 1.82) is 0 Å². The molecule has 0 amide bonds. The molecule has 1 rings (SSSR count). The Morgan fingerprint density at radius 2 is 2.33 bits per heavy atom. The van der Waals surface area contributed by atoms with Crippen molar-refractivity contribution in [1.82, 2.24) is 9.55 Å². The van der Waals surface area contributed by atoms with Crippen molar-refractivity contribution in [2.75, 3.05) is 19.8 Å². The van der Waals surface area contributed by atoms with E-state index in [2.05, 4.69) is 4.98 Å². The first-order chi connectivity index (χ1) is 5.93. The molecular weight excluding hydrogens is 156 g/mol. The number of aliphatic hydroxyl groups is 1. The molecule has 0 unspecified atom stereocenters. The Hall–Kier alpha value is -0.870. The number of nitrogens with zero attached hydrogens (tertiary/aromatic N) is 2. The minimum Gasteiger partial charge on any atom is -0.396 e. The zero-order valence-corrected chi connectivity index (χ0v) is 7.02. The van der Waals surface area contributed by atoms with Gasteiger partial charge in [-0.25, -0.2) is 4.98 Å². The van der Waals surface area contributed by atoms with Crippen molar-refractivity contribution >= 4 is 0 Å². The Morgan fingerprint density at radius 3 is 3.00 bits per heavy atom. The van der Waals surface area contributed by atoms with E-state index >= 15 is 0 Å². The molecule has 0 saturated heterocycles. The second-order valence-corrected chi connectivity index (χ2v) is 2.49. The van der Waals surface area contributed by atoms with Crippen LogP contribution in [-0.4, -0.2) is 34.5 Å². The van der Waals surface area contributed by atoms with Crippen LogP contribution in [0.5, 0.6) is 0 Å². The normalized spacial score (nSPS) is 10.4. The van der Waals surface area contributed by atoms with E-state index in [9.17, 15) is 0 Å². The molecule has 0 aromatic carbocycles. The highest BCUT2D eigenvalue weighted by Crippen LogP contribution is 1.87. The maximum atomic E-state index is 8.45. The average molecular weight is 170 g/mol. The summed E-state index contributed by atoms with van der Waals surface area (Å²) >= 11 is 0. The van der Waals surface area contributed by atoms with Crippen LogP contribution in [0.15, 0.2) is 18.7 Å². The molecule has 12 heavy (non-hydrogen) atoms. The van der Waals surface area contributed by atoms with E-state index < -0.39 is 0 Å². The molecule has 0 aliphatic heterocycles. The van der Waals surface area contributed by atoms with Crippen molar-refractivity contribution in [3.63, 3.8) is 0 Å². The first-order valence-electron chi connectivity index (χ1n) is 4.08. The highest BCUT2D eigenvalue weighted by molar-refractivity contribution is 4.73. The maximum absolute atomic E-state index is 8.45. The van der Waals surface area contributed by atoms with Crippen LogP contribution in [0, 0.1) is 0 Å². The standard InChI is InChI=1S/C8H14N2O2/c11-5-1-6-12-7-4-10-3-2-9-8-10/h2-3,8,11H,1,4-7H2. The fourth-order valence-corrected chi connectivity index (χ4v) is 0.858. The van der Waals surface area contributed by atoms with Gasteiger partial charge in [-0.1, -0.05) is 0 Å². The summed E-state index contributed by atoms with van der Waals surface area (Å²) in [5, 5.41) is 8.45. The van der Waals surface area contributed by atoms with Gasteiger partial charge < -0.3 is 14.4 Å². The summed E-state index contributed by atoms with van der Waals surface area (Å²) < 4.78 is 7.20. The lowest BCUT2D eigenvalue weighted by atomic mass is 10.5. The Morgan fingerprint density at radius 1 is 1.42 bits per heavy atom. The van der Waals surface area contributed by atoms with Gasteiger partial charge in [0.2, 0.25) is 0 Å². The van der Waals surface area contributed by atoms with Crippen LogP contribution < -0.4 is 0 Å². The monoisotopic (exact) mass is 170 g/mol. The van der Waals surface area contributed by atoms with Crippen molar-refractivity contribution in [3.05, 3.63) is 18.7 Å². The van der Waals surface area contributed by atoms with E-state index in [-0.39, 0.29) is 6.61 Å². The summed E-state index contributed by atoms with van der Waals surface area (Å²) in [7, 11) is 0. The molecular formula is C8H14N2O2. The summed E-state index contributed by atoms with van der Waals surface area (Å²) in [4.78, 5) is 3.90. The third-order valence-corrected chi connectivity index (χ3v) is 1.50. The minimum atomic E-state index is 0.199. The largest absolute Gasteiger partial charge is 0.396 e. The fourth-order valence-electron chi connectivity index (χ4n) is 0.858. The van der Waals surface area contributed by atoms with Crippen LogP contribution in [0.25, 0.3) is 0 Å². The van der Waals surface area contributed by atoms with E-state index in [0.29, 0.717) is 19.6 Å². The number of rotatable bonds is 6. The lowest BCUT2D eigenvalue weighted by Gasteiger charge is -2.02. The van der Waals surface area contributed by atoms with Crippen LogP contribution in [-0.2, 0) is 11.3 Å². The Labute approximate surface area is 71.8 Å². The molecule has 4 heteroatoms. The van der Waals surface area contributed by atoms with Crippen LogP contribution in [0.4, 0.5) is 0 Å². The van der Waals surface area contributed by atoms with E-state index in [0.717, 1.165) is 6.54 Å². The predicted octanol–water partition coefficient (Wildman–Crippen LogP) is 0.282. The first kappa shape index (κ1) is 9.22. The lowest BCUT2D eigenvalue weighted by Crippen LogP contribution is -2.05. The molecule has 1 aromatic rings. The number of imidazole rings is 1. The molecule has 0 aliphatic carbocycles. The van der Waals surface area contributed by atoms with Crippen LogP contribution >= 0.6 is 0 Å². The zero-order chi connectivity index (χ0) is 8.65. The van der Waals surface area contributed by atoms with Crippen molar-refractivity contribution in [2.24, 2.45) is 0 Å². The SMILES string of the molecule is OCCCOCCn1ccnc1. The molecule has 0 aliphatic rings. The molecule has 0 saturated carbocycles. The maximum Gasteiger partial charge on any atom is 0.0946 e. The number of hydrogen-bond donors (Lipinski definition) is 1. The summed E-state index contributed by atoms with van der Waals surface area (Å²) in [6.45, 7) is 2.33. The van der Waals surface area contributed by atoms with Gasteiger partial charge in [0, 0.05) is 32.2 Å². The van der Waals surface area contributed by atoms with Crippen molar-refractivity contribution in [2.45, 2.75) is 13.0 Å². The molecule has 0 fully saturated rings. The summed E-state index contributed by atoms with van der Waals surface area (Å²) in [5.41, 5.74) is 0.